The molecule has 0 aliphatic carbocycles. The van der Waals surface area contributed by atoms with Crippen LogP contribution in [0.25, 0.3) is 0 Å². The van der Waals surface area contributed by atoms with Crippen LogP contribution < -0.4 is 4.90 Å². The summed E-state index contributed by atoms with van der Waals surface area (Å²) >= 11 is 11.9. The SMILES string of the molecule is CCC(CC)N(CC(C)C)c1nc(Cl)nnc1Cl. The Balaban J connectivity index is 3.11. The molecule has 0 N–H and O–H groups in total. The summed E-state index contributed by atoms with van der Waals surface area (Å²) in [6, 6.07) is 0.387. The van der Waals surface area contributed by atoms with E-state index < -0.39 is 0 Å². The molecule has 0 aliphatic heterocycles. The van der Waals surface area contributed by atoms with Gasteiger partial charge in [0.25, 0.3) is 0 Å². The topological polar surface area (TPSA) is 41.9 Å². The van der Waals surface area contributed by atoms with Crippen LogP contribution in [-0.4, -0.2) is 27.8 Å². The van der Waals surface area contributed by atoms with Crippen molar-refractivity contribution in [2.45, 2.75) is 46.6 Å². The van der Waals surface area contributed by atoms with Gasteiger partial charge in [0.1, 0.15) is 0 Å². The zero-order valence-corrected chi connectivity index (χ0v) is 12.8. The maximum Gasteiger partial charge on any atom is 0.245 e. The van der Waals surface area contributed by atoms with Gasteiger partial charge in [-0.05, 0) is 30.4 Å². The summed E-state index contributed by atoms with van der Waals surface area (Å²) < 4.78 is 0. The van der Waals surface area contributed by atoms with Crippen molar-refractivity contribution in [1.82, 2.24) is 15.2 Å². The molecule has 4 nitrogen and oxygen atoms in total. The summed E-state index contributed by atoms with van der Waals surface area (Å²) in [5, 5.41) is 7.94. The van der Waals surface area contributed by atoms with Gasteiger partial charge < -0.3 is 4.90 Å². The van der Waals surface area contributed by atoms with Crippen molar-refractivity contribution >= 4 is 29.0 Å². The lowest BCUT2D eigenvalue weighted by molar-refractivity contribution is 0.502. The molecule has 0 aromatic carbocycles. The number of nitrogens with zero attached hydrogens (tertiary/aromatic N) is 4. The third-order valence-corrected chi connectivity index (χ3v) is 3.22. The van der Waals surface area contributed by atoms with Crippen LogP contribution in [0.2, 0.25) is 10.4 Å². The van der Waals surface area contributed by atoms with Crippen molar-refractivity contribution < 1.29 is 0 Å². The van der Waals surface area contributed by atoms with Gasteiger partial charge in [-0.25, -0.2) is 0 Å². The second-order valence-corrected chi connectivity index (χ2v) is 5.41. The van der Waals surface area contributed by atoms with Crippen LogP contribution in [0, 0.1) is 5.92 Å². The first-order valence-electron chi connectivity index (χ1n) is 6.31. The summed E-state index contributed by atoms with van der Waals surface area (Å²) in [5.41, 5.74) is 0. The van der Waals surface area contributed by atoms with Crippen LogP contribution in [0.5, 0.6) is 0 Å². The van der Waals surface area contributed by atoms with Crippen molar-refractivity contribution in [1.29, 1.82) is 0 Å². The van der Waals surface area contributed by atoms with E-state index in [1.807, 2.05) is 0 Å². The van der Waals surface area contributed by atoms with Crippen molar-refractivity contribution in [2.75, 3.05) is 11.4 Å². The highest BCUT2D eigenvalue weighted by Crippen LogP contribution is 2.26. The number of rotatable bonds is 6. The van der Waals surface area contributed by atoms with Crippen molar-refractivity contribution in [3.05, 3.63) is 10.4 Å². The Labute approximate surface area is 119 Å². The first-order valence-corrected chi connectivity index (χ1v) is 7.07. The molecule has 0 amide bonds. The first kappa shape index (κ1) is 15.4. The van der Waals surface area contributed by atoms with Gasteiger partial charge in [0.15, 0.2) is 11.0 Å². The van der Waals surface area contributed by atoms with Gasteiger partial charge in [-0.3, -0.25) is 0 Å². The minimum atomic E-state index is 0.133. The van der Waals surface area contributed by atoms with E-state index >= 15 is 0 Å². The largest absolute Gasteiger partial charge is 0.351 e. The number of aromatic nitrogens is 3. The molecule has 1 heterocycles. The molecular formula is C12H20Cl2N4. The van der Waals surface area contributed by atoms with Crippen LogP contribution in [0.3, 0.4) is 0 Å². The van der Waals surface area contributed by atoms with Crippen LogP contribution in [0.15, 0.2) is 0 Å². The van der Waals surface area contributed by atoms with Crippen LogP contribution >= 0.6 is 23.2 Å². The molecule has 1 aromatic heterocycles. The second kappa shape index (κ2) is 7.10. The Kier molecular flexibility index (Phi) is 6.09. The summed E-state index contributed by atoms with van der Waals surface area (Å²) in [7, 11) is 0. The molecule has 0 spiro atoms. The van der Waals surface area contributed by atoms with Crippen LogP contribution in [0.4, 0.5) is 5.82 Å². The van der Waals surface area contributed by atoms with Gasteiger partial charge in [-0.1, -0.05) is 39.3 Å². The standard InChI is InChI=1S/C12H20Cl2N4/c1-5-9(6-2)18(7-8(3)4)11-10(13)16-17-12(14)15-11/h8-9H,5-7H2,1-4H3. The molecular weight excluding hydrogens is 271 g/mol. The molecule has 0 fully saturated rings. The zero-order chi connectivity index (χ0) is 13.7. The molecule has 6 heteroatoms. The van der Waals surface area contributed by atoms with Crippen molar-refractivity contribution in [3.8, 4) is 0 Å². The monoisotopic (exact) mass is 290 g/mol. The summed E-state index contributed by atoms with van der Waals surface area (Å²) in [5.74, 6) is 1.15. The van der Waals surface area contributed by atoms with Gasteiger partial charge in [0, 0.05) is 12.6 Å². The molecule has 0 saturated heterocycles. The highest BCUT2D eigenvalue weighted by Gasteiger charge is 2.22. The summed E-state index contributed by atoms with van der Waals surface area (Å²) in [4.78, 5) is 6.42. The normalized spacial score (nSPS) is 11.3. The Bertz CT molecular complexity index is 380. The number of anilines is 1. The molecule has 0 saturated carbocycles. The molecule has 0 unspecified atom stereocenters. The fraction of sp³-hybridized carbons (Fsp3) is 0.750. The molecule has 102 valence electrons. The summed E-state index contributed by atoms with van der Waals surface area (Å²) in [6.07, 6.45) is 2.06. The maximum atomic E-state index is 6.10. The van der Waals surface area contributed by atoms with Gasteiger partial charge >= 0.3 is 0 Å². The van der Waals surface area contributed by atoms with Gasteiger partial charge in [0.2, 0.25) is 5.28 Å². The second-order valence-electron chi connectivity index (χ2n) is 4.71. The van der Waals surface area contributed by atoms with Crippen LogP contribution in [0.1, 0.15) is 40.5 Å². The quantitative estimate of drug-likeness (QED) is 0.798. The van der Waals surface area contributed by atoms with E-state index in [1.165, 1.54) is 0 Å². The lowest BCUT2D eigenvalue weighted by atomic mass is 10.1. The smallest absolute Gasteiger partial charge is 0.245 e. The lowest BCUT2D eigenvalue weighted by Crippen LogP contribution is -2.38. The van der Waals surface area contributed by atoms with Crippen molar-refractivity contribution in [2.24, 2.45) is 5.92 Å². The lowest BCUT2D eigenvalue weighted by Gasteiger charge is -2.33. The van der Waals surface area contributed by atoms with E-state index in [0.29, 0.717) is 22.9 Å². The predicted octanol–water partition coefficient (Wildman–Crippen LogP) is 3.83. The fourth-order valence-electron chi connectivity index (χ4n) is 2.00. The fourth-order valence-corrected chi connectivity index (χ4v) is 2.31. The Morgan fingerprint density at radius 3 is 2.22 bits per heavy atom. The highest BCUT2D eigenvalue weighted by atomic mass is 35.5. The van der Waals surface area contributed by atoms with E-state index in [-0.39, 0.29) is 5.28 Å². The molecule has 0 aliphatic rings. The predicted molar refractivity (Wildman–Crippen MR) is 76.4 cm³/mol. The Morgan fingerprint density at radius 1 is 1.11 bits per heavy atom. The molecule has 0 radical (unpaired) electrons. The van der Waals surface area contributed by atoms with Gasteiger partial charge in [-0.2, -0.15) is 4.98 Å². The highest BCUT2D eigenvalue weighted by molar-refractivity contribution is 6.32. The number of hydrogen-bond donors (Lipinski definition) is 0. The van der Waals surface area contributed by atoms with E-state index in [0.717, 1.165) is 19.4 Å². The van der Waals surface area contributed by atoms with Gasteiger partial charge in [0.05, 0.1) is 0 Å². The maximum absolute atomic E-state index is 6.10. The number of hydrogen-bond acceptors (Lipinski definition) is 4. The third kappa shape index (κ3) is 3.95. The number of halogens is 2. The molecule has 18 heavy (non-hydrogen) atoms. The van der Waals surface area contributed by atoms with E-state index in [1.54, 1.807) is 0 Å². The average molecular weight is 291 g/mol. The van der Waals surface area contributed by atoms with E-state index in [2.05, 4.69) is 47.8 Å². The average Bonchev–Trinajstić information content (AvgIpc) is 2.32. The Hall–Kier alpha value is -0.610. The minimum Gasteiger partial charge on any atom is -0.351 e. The summed E-state index contributed by atoms with van der Waals surface area (Å²) in [6.45, 7) is 9.53. The molecule has 1 aromatic rings. The minimum absolute atomic E-state index is 0.133. The Morgan fingerprint density at radius 2 is 1.72 bits per heavy atom. The van der Waals surface area contributed by atoms with Crippen molar-refractivity contribution in [3.63, 3.8) is 0 Å². The van der Waals surface area contributed by atoms with Gasteiger partial charge in [-0.15, -0.1) is 10.2 Å². The molecule has 0 bridgehead atoms. The first-order chi connectivity index (χ1) is 8.49. The molecule has 0 atom stereocenters. The zero-order valence-electron chi connectivity index (χ0n) is 11.3. The van der Waals surface area contributed by atoms with Crippen LogP contribution in [-0.2, 0) is 0 Å². The molecule has 1 rings (SSSR count). The van der Waals surface area contributed by atoms with E-state index in [9.17, 15) is 0 Å². The third-order valence-electron chi connectivity index (χ3n) is 2.82. The van der Waals surface area contributed by atoms with E-state index in [4.69, 9.17) is 23.2 Å².